The Kier molecular flexibility index (Phi) is 5.04. The molecule has 100 valence electrons. The maximum absolute atomic E-state index is 11.7. The molecular weight excluding hydrogens is 328 g/mol. The second kappa shape index (κ2) is 6.77. The molecular formula is C13H13BrN2O2S. The first kappa shape index (κ1) is 14.1. The Morgan fingerprint density at radius 1 is 1.42 bits per heavy atom. The Morgan fingerprint density at radius 2 is 2.16 bits per heavy atom. The maximum atomic E-state index is 11.7. The molecule has 4 nitrogen and oxygen atoms in total. The number of aromatic nitrogens is 1. The van der Waals surface area contributed by atoms with E-state index in [1.54, 1.807) is 24.8 Å². The van der Waals surface area contributed by atoms with Crippen molar-refractivity contribution in [3.63, 3.8) is 0 Å². The van der Waals surface area contributed by atoms with E-state index in [1.807, 2.05) is 24.3 Å². The molecule has 1 heterocycles. The third-order valence-corrected chi connectivity index (χ3v) is 3.85. The molecule has 1 aromatic carbocycles. The highest BCUT2D eigenvalue weighted by atomic mass is 79.9. The number of rotatable bonds is 5. The number of thioether (sulfide) groups is 1. The maximum Gasteiger partial charge on any atom is 0.226 e. The summed E-state index contributed by atoms with van der Waals surface area (Å²) >= 11 is 5.03. The van der Waals surface area contributed by atoms with Crippen LogP contribution in [-0.4, -0.2) is 16.8 Å². The third-order valence-electron chi connectivity index (χ3n) is 2.31. The number of hydrogen-bond acceptors (Lipinski definition) is 4. The van der Waals surface area contributed by atoms with E-state index < -0.39 is 0 Å². The van der Waals surface area contributed by atoms with E-state index in [-0.39, 0.29) is 5.91 Å². The van der Waals surface area contributed by atoms with E-state index in [4.69, 9.17) is 4.52 Å². The number of hydrogen-bond donors (Lipinski definition) is 1. The molecule has 6 heteroatoms. The van der Waals surface area contributed by atoms with E-state index in [1.165, 1.54) is 0 Å². The SMILES string of the molecule is Cc1cc(NC(=O)CCSc2ccc(Br)cc2)no1. The largest absolute Gasteiger partial charge is 0.360 e. The van der Waals surface area contributed by atoms with Crippen LogP contribution in [0.15, 0.2) is 44.2 Å². The summed E-state index contributed by atoms with van der Waals surface area (Å²) in [6, 6.07) is 9.71. The predicted molar refractivity (Wildman–Crippen MR) is 79.4 cm³/mol. The van der Waals surface area contributed by atoms with Crippen molar-refractivity contribution in [1.29, 1.82) is 0 Å². The lowest BCUT2D eigenvalue weighted by Gasteiger charge is -2.02. The molecule has 0 radical (unpaired) electrons. The number of carbonyl (C=O) groups excluding carboxylic acids is 1. The molecule has 2 rings (SSSR count). The molecule has 0 bridgehead atoms. The molecule has 0 fully saturated rings. The standard InChI is InChI=1S/C13H13BrN2O2S/c1-9-8-12(16-18-9)15-13(17)6-7-19-11-4-2-10(14)3-5-11/h2-5,8H,6-7H2,1H3,(H,15,16,17). The van der Waals surface area contributed by atoms with Crippen molar-refractivity contribution in [2.24, 2.45) is 0 Å². The van der Waals surface area contributed by atoms with Crippen molar-refractivity contribution in [2.75, 3.05) is 11.1 Å². The van der Waals surface area contributed by atoms with Crippen LogP contribution in [0.25, 0.3) is 0 Å². The van der Waals surface area contributed by atoms with Crippen molar-refractivity contribution in [3.05, 3.63) is 40.6 Å². The van der Waals surface area contributed by atoms with Crippen molar-refractivity contribution in [1.82, 2.24) is 5.16 Å². The normalized spacial score (nSPS) is 10.4. The average Bonchev–Trinajstić information content (AvgIpc) is 2.77. The van der Waals surface area contributed by atoms with Gasteiger partial charge >= 0.3 is 0 Å². The Bertz CT molecular complexity index is 554. The third kappa shape index (κ3) is 4.72. The number of benzene rings is 1. The van der Waals surface area contributed by atoms with Gasteiger partial charge in [-0.05, 0) is 31.2 Å². The zero-order chi connectivity index (χ0) is 13.7. The van der Waals surface area contributed by atoms with Gasteiger partial charge in [-0.25, -0.2) is 0 Å². The molecule has 0 spiro atoms. The van der Waals surface area contributed by atoms with Crippen LogP contribution in [0.5, 0.6) is 0 Å². The van der Waals surface area contributed by atoms with Gasteiger partial charge in [-0.2, -0.15) is 0 Å². The quantitative estimate of drug-likeness (QED) is 0.839. The Morgan fingerprint density at radius 3 is 2.79 bits per heavy atom. The first-order valence-electron chi connectivity index (χ1n) is 5.75. The molecule has 1 amide bonds. The highest BCUT2D eigenvalue weighted by molar-refractivity contribution is 9.10. The highest BCUT2D eigenvalue weighted by Gasteiger charge is 2.06. The smallest absolute Gasteiger partial charge is 0.226 e. The summed E-state index contributed by atoms with van der Waals surface area (Å²) < 4.78 is 5.93. The van der Waals surface area contributed by atoms with Gasteiger partial charge < -0.3 is 9.84 Å². The first-order chi connectivity index (χ1) is 9.13. The van der Waals surface area contributed by atoms with Gasteiger partial charge in [0.15, 0.2) is 5.82 Å². The molecule has 0 aliphatic rings. The van der Waals surface area contributed by atoms with Gasteiger partial charge in [0, 0.05) is 27.6 Å². The fourth-order valence-corrected chi connectivity index (χ4v) is 2.54. The molecule has 2 aromatic rings. The van der Waals surface area contributed by atoms with Crippen molar-refractivity contribution in [2.45, 2.75) is 18.2 Å². The van der Waals surface area contributed by atoms with Crippen LogP contribution in [0.2, 0.25) is 0 Å². The summed E-state index contributed by atoms with van der Waals surface area (Å²) in [5.74, 6) is 1.82. The summed E-state index contributed by atoms with van der Waals surface area (Å²) in [6.45, 7) is 1.78. The van der Waals surface area contributed by atoms with Crippen molar-refractivity contribution >= 4 is 39.4 Å². The molecule has 1 aromatic heterocycles. The monoisotopic (exact) mass is 340 g/mol. The first-order valence-corrected chi connectivity index (χ1v) is 7.53. The number of nitrogens with zero attached hydrogens (tertiary/aromatic N) is 1. The second-order valence-corrected chi connectivity index (χ2v) is 6.01. The van der Waals surface area contributed by atoms with Gasteiger partial charge in [-0.3, -0.25) is 4.79 Å². The summed E-state index contributed by atoms with van der Waals surface area (Å²) in [5.41, 5.74) is 0. The Balaban J connectivity index is 1.73. The summed E-state index contributed by atoms with van der Waals surface area (Å²) in [6.07, 6.45) is 0.437. The van der Waals surface area contributed by atoms with E-state index in [0.29, 0.717) is 18.0 Å². The number of carbonyl (C=O) groups is 1. The van der Waals surface area contributed by atoms with Crippen molar-refractivity contribution < 1.29 is 9.32 Å². The molecule has 0 saturated carbocycles. The second-order valence-electron chi connectivity index (χ2n) is 3.92. The Labute approximate surface area is 124 Å². The lowest BCUT2D eigenvalue weighted by atomic mass is 10.4. The number of anilines is 1. The minimum atomic E-state index is -0.0575. The molecule has 0 unspecified atom stereocenters. The minimum absolute atomic E-state index is 0.0575. The molecule has 1 N–H and O–H groups in total. The van der Waals surface area contributed by atoms with Crippen LogP contribution in [0.4, 0.5) is 5.82 Å². The average molecular weight is 341 g/mol. The van der Waals surface area contributed by atoms with Crippen LogP contribution in [0, 0.1) is 6.92 Å². The van der Waals surface area contributed by atoms with Gasteiger partial charge in [-0.1, -0.05) is 21.1 Å². The molecule has 0 atom stereocenters. The minimum Gasteiger partial charge on any atom is -0.360 e. The van der Waals surface area contributed by atoms with Gasteiger partial charge in [-0.15, -0.1) is 11.8 Å². The number of amides is 1. The van der Waals surface area contributed by atoms with Gasteiger partial charge in [0.2, 0.25) is 5.91 Å². The van der Waals surface area contributed by atoms with E-state index in [2.05, 4.69) is 26.4 Å². The number of nitrogens with one attached hydrogen (secondary N) is 1. The van der Waals surface area contributed by atoms with E-state index in [9.17, 15) is 4.79 Å². The van der Waals surface area contributed by atoms with Crippen LogP contribution >= 0.6 is 27.7 Å². The van der Waals surface area contributed by atoms with Crippen LogP contribution < -0.4 is 5.32 Å². The zero-order valence-corrected chi connectivity index (χ0v) is 12.8. The van der Waals surface area contributed by atoms with E-state index in [0.717, 1.165) is 15.1 Å². The van der Waals surface area contributed by atoms with Crippen LogP contribution in [0.3, 0.4) is 0 Å². The molecule has 19 heavy (non-hydrogen) atoms. The Hall–Kier alpha value is -1.27. The highest BCUT2D eigenvalue weighted by Crippen LogP contribution is 2.21. The summed E-state index contributed by atoms with van der Waals surface area (Å²) in [4.78, 5) is 12.8. The topological polar surface area (TPSA) is 55.1 Å². The molecule has 0 aliphatic carbocycles. The summed E-state index contributed by atoms with van der Waals surface area (Å²) in [5, 5.41) is 6.41. The fraction of sp³-hybridized carbons (Fsp3) is 0.231. The van der Waals surface area contributed by atoms with Crippen LogP contribution in [-0.2, 0) is 4.79 Å². The van der Waals surface area contributed by atoms with Crippen molar-refractivity contribution in [3.8, 4) is 0 Å². The van der Waals surface area contributed by atoms with Gasteiger partial charge in [0.1, 0.15) is 5.76 Å². The lowest BCUT2D eigenvalue weighted by Crippen LogP contribution is -2.12. The lowest BCUT2D eigenvalue weighted by molar-refractivity contribution is -0.115. The fourth-order valence-electron chi connectivity index (χ4n) is 1.42. The molecule has 0 saturated heterocycles. The van der Waals surface area contributed by atoms with Crippen LogP contribution in [0.1, 0.15) is 12.2 Å². The summed E-state index contributed by atoms with van der Waals surface area (Å²) in [7, 11) is 0. The zero-order valence-electron chi connectivity index (χ0n) is 10.4. The van der Waals surface area contributed by atoms with Gasteiger partial charge in [0.25, 0.3) is 0 Å². The van der Waals surface area contributed by atoms with Gasteiger partial charge in [0.05, 0.1) is 0 Å². The van der Waals surface area contributed by atoms with E-state index >= 15 is 0 Å². The number of halogens is 1. The number of aryl methyl sites for hydroxylation is 1. The molecule has 0 aliphatic heterocycles. The predicted octanol–water partition coefficient (Wildman–Crippen LogP) is 3.87.